The monoisotopic (exact) mass is 648 g/mol. The van der Waals surface area contributed by atoms with Crippen molar-refractivity contribution in [1.82, 2.24) is 4.90 Å². The summed E-state index contributed by atoms with van der Waals surface area (Å²) >= 11 is 0. The van der Waals surface area contributed by atoms with Crippen LogP contribution in [0.15, 0.2) is 30.3 Å². The molecule has 0 heterocycles. The van der Waals surface area contributed by atoms with Crippen molar-refractivity contribution in [3.63, 3.8) is 0 Å². The number of amides is 2. The Hall–Kier alpha value is -3.37. The molecule has 0 spiro atoms. The van der Waals surface area contributed by atoms with Gasteiger partial charge < -0.3 is 34.5 Å². The van der Waals surface area contributed by atoms with Crippen molar-refractivity contribution >= 4 is 38.3 Å². The van der Waals surface area contributed by atoms with E-state index in [1.165, 1.54) is 31.3 Å². The Bertz CT molecular complexity index is 1250. The average Bonchev–Trinajstić information content (AvgIpc) is 2.94. The van der Waals surface area contributed by atoms with Gasteiger partial charge in [-0.05, 0) is 35.6 Å². The number of hydrogen-bond acceptors (Lipinski definition) is 7. The van der Waals surface area contributed by atoms with Gasteiger partial charge in [0.1, 0.15) is 25.7 Å². The van der Waals surface area contributed by atoms with Gasteiger partial charge in [0.15, 0.2) is 17.7 Å². The second kappa shape index (κ2) is 17.2. The van der Waals surface area contributed by atoms with Gasteiger partial charge in [-0.25, -0.2) is 26.7 Å². The topological polar surface area (TPSA) is 118 Å². The highest BCUT2D eigenvalue weighted by Crippen LogP contribution is 2.30. The van der Waals surface area contributed by atoms with E-state index in [0.29, 0.717) is 0 Å². The maximum atomic E-state index is 15.2. The molecule has 0 saturated carbocycles. The molecule has 3 N–H and O–H groups in total. The van der Waals surface area contributed by atoms with E-state index < -0.39 is 71.2 Å². The van der Waals surface area contributed by atoms with Crippen LogP contribution in [0, 0.1) is 5.82 Å². The quantitative estimate of drug-likeness (QED) is 0.173. The van der Waals surface area contributed by atoms with Crippen molar-refractivity contribution in [3.05, 3.63) is 47.3 Å². The number of benzene rings is 2. The van der Waals surface area contributed by atoms with E-state index >= 15 is 4.39 Å². The molecule has 2 aromatic rings. The zero-order valence-corrected chi connectivity index (χ0v) is 26.0. The highest BCUT2D eigenvalue weighted by molar-refractivity contribution is 6.76. The minimum absolute atomic E-state index is 0.00386. The highest BCUT2D eigenvalue weighted by atomic mass is 28.3. The van der Waals surface area contributed by atoms with Crippen LogP contribution in [0.3, 0.4) is 0 Å². The lowest BCUT2D eigenvalue weighted by Gasteiger charge is -2.23. The predicted molar refractivity (Wildman–Crippen MR) is 158 cm³/mol. The number of halogens is 5. The fraction of sp³-hybridized carbons (Fsp3) is 0.500. The van der Waals surface area contributed by atoms with Crippen molar-refractivity contribution in [2.45, 2.75) is 57.6 Å². The van der Waals surface area contributed by atoms with Crippen molar-refractivity contribution < 1.29 is 55.8 Å². The number of hydrogen-bond donors (Lipinski definition) is 3. The Morgan fingerprint density at radius 1 is 1.07 bits per heavy atom. The van der Waals surface area contributed by atoms with Gasteiger partial charge in [-0.15, -0.1) is 0 Å². The van der Waals surface area contributed by atoms with E-state index in [1.807, 2.05) is 0 Å². The molecule has 2 rings (SSSR count). The molecular formula is C28H38BF5N2O7Si. The van der Waals surface area contributed by atoms with Crippen LogP contribution in [0.25, 0.3) is 0 Å². The van der Waals surface area contributed by atoms with Crippen LogP contribution in [0.4, 0.5) is 32.4 Å². The first-order valence-electron chi connectivity index (χ1n) is 13.8. The number of aryl methyl sites for hydroxylation is 1. The van der Waals surface area contributed by atoms with Crippen molar-refractivity contribution in [2.24, 2.45) is 0 Å². The first-order chi connectivity index (χ1) is 20.6. The summed E-state index contributed by atoms with van der Waals surface area (Å²) in [6.07, 6.45) is -5.38. The number of rotatable bonds is 17. The molecule has 2 aromatic carbocycles. The summed E-state index contributed by atoms with van der Waals surface area (Å²) in [5.74, 6) is -2.15. The number of carbonyl (C=O) groups excluding carboxylic acids is 2. The third kappa shape index (κ3) is 12.3. The van der Waals surface area contributed by atoms with E-state index in [9.17, 15) is 37.2 Å². The average molecular weight is 649 g/mol. The van der Waals surface area contributed by atoms with E-state index in [2.05, 4.69) is 25.0 Å². The van der Waals surface area contributed by atoms with Crippen LogP contribution >= 0.6 is 0 Å². The molecule has 0 saturated heterocycles. The van der Waals surface area contributed by atoms with Gasteiger partial charge in [-0.1, -0.05) is 31.8 Å². The standard InChI is InChI=1S/C28H38BF5N2O7Si/c1-36(28(38)41-9-10-44(2,3)4)16-19-12-21(13-23(32)27(19)43-22(14-30)15-31)35-26(37)8-5-18-11-20(29(39)40)6-7-24(18)42-17-25(33)34/h6-7,11-13,22,25,39-40H,5,8-10,14-17H2,1-4H3,(H,35,37). The molecule has 0 radical (unpaired) electrons. The molecule has 0 unspecified atom stereocenters. The number of nitrogens with zero attached hydrogens (tertiary/aromatic N) is 1. The van der Waals surface area contributed by atoms with E-state index in [0.717, 1.165) is 17.0 Å². The number of alkyl halides is 4. The summed E-state index contributed by atoms with van der Waals surface area (Å²) < 4.78 is 82.5. The van der Waals surface area contributed by atoms with Gasteiger partial charge in [-0.3, -0.25) is 4.79 Å². The Balaban J connectivity index is 2.23. The summed E-state index contributed by atoms with van der Waals surface area (Å²) in [5.41, 5.74) is 0.250. The van der Waals surface area contributed by atoms with Crippen molar-refractivity contribution in [2.75, 3.05) is 38.9 Å². The molecule has 0 aliphatic heterocycles. The summed E-state index contributed by atoms with van der Waals surface area (Å²) in [6.45, 7) is 2.85. The fourth-order valence-corrected chi connectivity index (χ4v) is 4.55. The lowest BCUT2D eigenvalue weighted by Crippen LogP contribution is -2.30. The van der Waals surface area contributed by atoms with Gasteiger partial charge in [0.05, 0.1) is 13.2 Å². The highest BCUT2D eigenvalue weighted by Gasteiger charge is 2.23. The van der Waals surface area contributed by atoms with E-state index in [-0.39, 0.29) is 54.0 Å². The van der Waals surface area contributed by atoms with Gasteiger partial charge >= 0.3 is 13.2 Å². The maximum absolute atomic E-state index is 15.2. The minimum Gasteiger partial charge on any atom is -0.487 e. The minimum atomic E-state index is -2.76. The van der Waals surface area contributed by atoms with Crippen LogP contribution in [0.2, 0.25) is 25.7 Å². The first-order valence-corrected chi connectivity index (χ1v) is 17.5. The van der Waals surface area contributed by atoms with Gasteiger partial charge in [-0.2, -0.15) is 0 Å². The molecule has 9 nitrogen and oxygen atoms in total. The molecule has 0 fully saturated rings. The molecule has 0 aromatic heterocycles. The first kappa shape index (κ1) is 36.8. The van der Waals surface area contributed by atoms with Gasteiger partial charge in [0.25, 0.3) is 6.43 Å². The number of ether oxygens (including phenoxy) is 3. The maximum Gasteiger partial charge on any atom is 0.488 e. The van der Waals surface area contributed by atoms with Crippen LogP contribution in [0.1, 0.15) is 17.5 Å². The second-order valence-electron chi connectivity index (χ2n) is 11.3. The molecule has 16 heteroatoms. The van der Waals surface area contributed by atoms with E-state index in [1.54, 1.807) is 0 Å². The third-order valence-corrected chi connectivity index (χ3v) is 7.90. The predicted octanol–water partition coefficient (Wildman–Crippen LogP) is 4.31. The zero-order chi connectivity index (χ0) is 33.0. The molecular weight excluding hydrogens is 610 g/mol. The van der Waals surface area contributed by atoms with Crippen LogP contribution in [0.5, 0.6) is 11.5 Å². The Morgan fingerprint density at radius 2 is 1.75 bits per heavy atom. The fourth-order valence-electron chi connectivity index (χ4n) is 3.84. The Kier molecular flexibility index (Phi) is 14.4. The molecule has 0 aliphatic rings. The lowest BCUT2D eigenvalue weighted by atomic mass is 9.79. The summed E-state index contributed by atoms with van der Waals surface area (Å²) in [6, 6.07) is 6.74. The summed E-state index contributed by atoms with van der Waals surface area (Å²) in [5, 5.41) is 21.4. The zero-order valence-electron chi connectivity index (χ0n) is 25.0. The number of nitrogens with one attached hydrogen (secondary N) is 1. The van der Waals surface area contributed by atoms with Crippen molar-refractivity contribution in [3.8, 4) is 11.5 Å². The van der Waals surface area contributed by atoms with Crippen LogP contribution in [-0.4, -0.2) is 88.3 Å². The number of carbonyl (C=O) groups is 2. The van der Waals surface area contributed by atoms with Crippen LogP contribution in [-0.2, 0) is 22.5 Å². The van der Waals surface area contributed by atoms with Gasteiger partial charge in [0.2, 0.25) is 5.91 Å². The smallest absolute Gasteiger partial charge is 0.487 e. The Labute approximate surface area is 254 Å². The Morgan fingerprint density at radius 3 is 2.34 bits per heavy atom. The molecule has 0 atom stereocenters. The lowest BCUT2D eigenvalue weighted by molar-refractivity contribution is -0.116. The SMILES string of the molecule is CN(Cc1cc(NC(=O)CCc2cc(B(O)O)ccc2OCC(F)F)cc(F)c1OC(CF)CF)C(=O)OCC[Si](C)(C)C. The van der Waals surface area contributed by atoms with E-state index in [4.69, 9.17) is 14.2 Å². The van der Waals surface area contributed by atoms with Crippen LogP contribution < -0.4 is 20.3 Å². The largest absolute Gasteiger partial charge is 0.488 e. The third-order valence-electron chi connectivity index (χ3n) is 6.20. The molecule has 44 heavy (non-hydrogen) atoms. The molecule has 0 aliphatic carbocycles. The van der Waals surface area contributed by atoms with Crippen molar-refractivity contribution in [1.29, 1.82) is 0 Å². The molecule has 244 valence electrons. The molecule has 2 amide bonds. The summed E-state index contributed by atoms with van der Waals surface area (Å²) in [4.78, 5) is 26.4. The number of anilines is 1. The summed E-state index contributed by atoms with van der Waals surface area (Å²) in [7, 11) is -1.95. The van der Waals surface area contributed by atoms with Gasteiger partial charge in [0, 0.05) is 38.9 Å². The normalized spacial score (nSPS) is 11.5. The molecule has 0 bridgehead atoms. The second-order valence-corrected chi connectivity index (χ2v) is 16.9.